The van der Waals surface area contributed by atoms with Crippen LogP contribution in [-0.2, 0) is 6.54 Å². The van der Waals surface area contributed by atoms with Crippen molar-refractivity contribution in [2.75, 3.05) is 11.5 Å². The molecule has 0 spiro atoms. The minimum Gasteiger partial charge on any atom is -0.331 e. The number of nitrogens with zero attached hydrogens (tertiary/aromatic N) is 1. The first-order valence-corrected chi connectivity index (χ1v) is 11.2. The number of carbonyl (C=O) groups is 1. The van der Waals surface area contributed by atoms with Crippen LogP contribution in [0.5, 0.6) is 0 Å². The second-order valence-electron chi connectivity index (χ2n) is 6.84. The summed E-state index contributed by atoms with van der Waals surface area (Å²) in [7, 11) is 0. The van der Waals surface area contributed by atoms with Crippen LogP contribution in [0.15, 0.2) is 48.5 Å². The molecule has 0 atom stereocenters. The fourth-order valence-corrected chi connectivity index (χ4v) is 6.06. The number of hydrogen-bond acceptors (Lipinski definition) is 3. The number of thioether (sulfide) groups is 2. The van der Waals surface area contributed by atoms with E-state index in [0.717, 1.165) is 24.0 Å². The van der Waals surface area contributed by atoms with Crippen molar-refractivity contribution in [3.05, 3.63) is 71.0 Å². The molecule has 1 aliphatic carbocycles. The highest BCUT2D eigenvalue weighted by atomic mass is 32.2. The highest BCUT2D eigenvalue weighted by Gasteiger charge is 2.33. The molecule has 136 valence electrons. The fourth-order valence-electron chi connectivity index (χ4n) is 3.17. The van der Waals surface area contributed by atoms with E-state index in [1.54, 1.807) is 12.1 Å². The Morgan fingerprint density at radius 2 is 1.65 bits per heavy atom. The summed E-state index contributed by atoms with van der Waals surface area (Å²) in [6, 6.07) is 14.9. The van der Waals surface area contributed by atoms with Gasteiger partial charge >= 0.3 is 0 Å². The monoisotopic (exact) mass is 387 g/mol. The summed E-state index contributed by atoms with van der Waals surface area (Å²) in [5.74, 6) is 2.26. The number of benzene rings is 2. The first kappa shape index (κ1) is 17.9. The average Bonchev–Trinajstić information content (AvgIpc) is 3.53. The van der Waals surface area contributed by atoms with E-state index in [0.29, 0.717) is 17.2 Å². The molecule has 2 fully saturated rings. The van der Waals surface area contributed by atoms with Crippen molar-refractivity contribution in [3.8, 4) is 0 Å². The molecule has 0 radical (unpaired) electrons. The predicted molar refractivity (Wildman–Crippen MR) is 108 cm³/mol. The van der Waals surface area contributed by atoms with Gasteiger partial charge in [-0.1, -0.05) is 24.3 Å². The van der Waals surface area contributed by atoms with Gasteiger partial charge in [-0.25, -0.2) is 4.39 Å². The molecule has 4 rings (SSSR count). The van der Waals surface area contributed by atoms with Gasteiger partial charge in [0.25, 0.3) is 5.91 Å². The van der Waals surface area contributed by atoms with Crippen molar-refractivity contribution in [1.29, 1.82) is 0 Å². The Hall–Kier alpha value is -1.46. The molecule has 1 saturated carbocycles. The van der Waals surface area contributed by atoms with E-state index in [4.69, 9.17) is 0 Å². The van der Waals surface area contributed by atoms with Crippen molar-refractivity contribution < 1.29 is 9.18 Å². The number of halogens is 1. The topological polar surface area (TPSA) is 20.3 Å². The Morgan fingerprint density at radius 1 is 1.00 bits per heavy atom. The van der Waals surface area contributed by atoms with E-state index in [1.165, 1.54) is 35.6 Å². The van der Waals surface area contributed by atoms with Crippen molar-refractivity contribution in [1.82, 2.24) is 4.90 Å². The Labute approximate surface area is 162 Å². The van der Waals surface area contributed by atoms with Crippen LogP contribution in [0.4, 0.5) is 4.39 Å². The molecule has 2 aromatic carbocycles. The zero-order valence-corrected chi connectivity index (χ0v) is 16.2. The van der Waals surface area contributed by atoms with Gasteiger partial charge in [-0.2, -0.15) is 0 Å². The van der Waals surface area contributed by atoms with E-state index in [1.807, 2.05) is 40.6 Å². The lowest BCUT2D eigenvalue weighted by molar-refractivity contribution is 0.0730. The van der Waals surface area contributed by atoms with E-state index in [-0.39, 0.29) is 11.7 Å². The molecule has 1 amide bonds. The molecule has 1 saturated heterocycles. The number of amides is 1. The Morgan fingerprint density at radius 3 is 2.27 bits per heavy atom. The van der Waals surface area contributed by atoms with Crippen LogP contribution in [-0.4, -0.2) is 28.4 Å². The maximum absolute atomic E-state index is 13.1. The van der Waals surface area contributed by atoms with Gasteiger partial charge in [0.05, 0.1) is 4.58 Å². The molecular weight excluding hydrogens is 365 g/mol. The summed E-state index contributed by atoms with van der Waals surface area (Å²) < 4.78 is 13.6. The maximum Gasteiger partial charge on any atom is 0.254 e. The minimum absolute atomic E-state index is 0.0762. The quantitative estimate of drug-likeness (QED) is 0.676. The van der Waals surface area contributed by atoms with Gasteiger partial charge in [0.2, 0.25) is 0 Å². The average molecular weight is 388 g/mol. The van der Waals surface area contributed by atoms with E-state index >= 15 is 0 Å². The summed E-state index contributed by atoms with van der Waals surface area (Å²) in [4.78, 5) is 15.0. The smallest absolute Gasteiger partial charge is 0.254 e. The van der Waals surface area contributed by atoms with E-state index in [2.05, 4.69) is 12.1 Å². The zero-order valence-electron chi connectivity index (χ0n) is 14.6. The molecule has 1 aliphatic heterocycles. The molecule has 0 aromatic heterocycles. The van der Waals surface area contributed by atoms with E-state index in [9.17, 15) is 9.18 Å². The third kappa shape index (κ3) is 4.26. The van der Waals surface area contributed by atoms with Crippen LogP contribution >= 0.6 is 23.5 Å². The van der Waals surface area contributed by atoms with Crippen LogP contribution in [0, 0.1) is 5.82 Å². The normalized spacial score (nSPS) is 17.9. The molecule has 0 bridgehead atoms. The molecule has 1 heterocycles. The third-order valence-electron chi connectivity index (χ3n) is 4.77. The van der Waals surface area contributed by atoms with Gasteiger partial charge < -0.3 is 4.90 Å². The summed E-state index contributed by atoms with van der Waals surface area (Å²) in [5.41, 5.74) is 3.01. The molecule has 2 aromatic rings. The number of hydrogen-bond donors (Lipinski definition) is 0. The first-order valence-electron chi connectivity index (χ1n) is 9.09. The van der Waals surface area contributed by atoms with Crippen LogP contribution in [0.1, 0.15) is 45.3 Å². The van der Waals surface area contributed by atoms with Crippen molar-refractivity contribution in [2.24, 2.45) is 0 Å². The van der Waals surface area contributed by atoms with Gasteiger partial charge in [-0.05, 0) is 66.2 Å². The molecule has 0 N–H and O–H groups in total. The fraction of sp³-hybridized carbons (Fsp3) is 0.381. The van der Waals surface area contributed by atoms with Gasteiger partial charge in [0.15, 0.2) is 0 Å². The summed E-state index contributed by atoms with van der Waals surface area (Å²) >= 11 is 3.98. The lowest BCUT2D eigenvalue weighted by Crippen LogP contribution is -2.32. The number of rotatable bonds is 5. The summed E-state index contributed by atoms with van der Waals surface area (Å²) in [5, 5.41) is 0. The molecule has 0 unspecified atom stereocenters. The van der Waals surface area contributed by atoms with Gasteiger partial charge in [-0.3, -0.25) is 4.79 Å². The zero-order chi connectivity index (χ0) is 17.9. The summed E-state index contributed by atoms with van der Waals surface area (Å²) in [6.45, 7) is 0.542. The van der Waals surface area contributed by atoms with Crippen LogP contribution < -0.4 is 0 Å². The second-order valence-corrected chi connectivity index (χ2v) is 9.56. The predicted octanol–water partition coefficient (Wildman–Crippen LogP) is 5.50. The Kier molecular flexibility index (Phi) is 5.55. The third-order valence-corrected chi connectivity index (χ3v) is 7.79. The Balaban J connectivity index is 1.47. The second kappa shape index (κ2) is 8.05. The van der Waals surface area contributed by atoms with Crippen LogP contribution in [0.3, 0.4) is 0 Å². The number of carbonyl (C=O) groups excluding carboxylic acids is 1. The van der Waals surface area contributed by atoms with Gasteiger partial charge in [0.1, 0.15) is 5.82 Å². The maximum atomic E-state index is 13.1. The van der Waals surface area contributed by atoms with Crippen molar-refractivity contribution in [2.45, 2.75) is 36.4 Å². The molecule has 2 nitrogen and oxygen atoms in total. The molecular formula is C21H22FNOS2. The highest BCUT2D eigenvalue weighted by Crippen LogP contribution is 2.43. The van der Waals surface area contributed by atoms with Crippen molar-refractivity contribution in [3.63, 3.8) is 0 Å². The highest BCUT2D eigenvalue weighted by molar-refractivity contribution is 8.16. The Bertz CT molecular complexity index is 753. The van der Waals surface area contributed by atoms with Crippen LogP contribution in [0.25, 0.3) is 0 Å². The molecule has 2 aliphatic rings. The van der Waals surface area contributed by atoms with E-state index < -0.39 is 0 Å². The lowest BCUT2D eigenvalue weighted by atomic mass is 10.1. The van der Waals surface area contributed by atoms with Crippen molar-refractivity contribution >= 4 is 29.4 Å². The van der Waals surface area contributed by atoms with Crippen LogP contribution in [0.2, 0.25) is 0 Å². The SMILES string of the molecule is O=C(c1ccc(C2SCCCS2)cc1)N(Cc1ccc(F)cc1)C1CC1. The standard InChI is InChI=1S/C21H22FNOS2/c22-18-8-2-15(3-9-18)14-23(19-10-11-19)20(24)16-4-6-17(7-5-16)21-25-12-1-13-26-21/h2-9,19,21H,1,10-14H2. The van der Waals surface area contributed by atoms with Gasteiger partial charge in [-0.15, -0.1) is 23.5 Å². The minimum atomic E-state index is -0.243. The molecule has 26 heavy (non-hydrogen) atoms. The van der Waals surface area contributed by atoms with Gasteiger partial charge in [0, 0.05) is 18.2 Å². The summed E-state index contributed by atoms with van der Waals surface area (Å²) in [6.07, 6.45) is 3.39. The molecule has 5 heteroatoms. The lowest BCUT2D eigenvalue weighted by Gasteiger charge is -2.24. The first-order chi connectivity index (χ1) is 12.7. The largest absolute Gasteiger partial charge is 0.331 e.